The Morgan fingerprint density at radius 2 is 2.03 bits per heavy atom. The van der Waals surface area contributed by atoms with Crippen molar-refractivity contribution in [1.82, 2.24) is 19.5 Å². The van der Waals surface area contributed by atoms with Crippen molar-refractivity contribution in [3.8, 4) is 5.88 Å². The lowest BCUT2D eigenvalue weighted by atomic mass is 10.0. The molecule has 3 N–H and O–H groups in total. The summed E-state index contributed by atoms with van der Waals surface area (Å²) in [7, 11) is 1.49. The van der Waals surface area contributed by atoms with Crippen LogP contribution in [-0.2, 0) is 11.3 Å². The minimum absolute atomic E-state index is 0.277. The third-order valence-electron chi connectivity index (χ3n) is 5.08. The van der Waals surface area contributed by atoms with Gasteiger partial charge in [0.1, 0.15) is 18.1 Å². The summed E-state index contributed by atoms with van der Waals surface area (Å²) >= 11 is 0. The third-order valence-corrected chi connectivity index (χ3v) is 5.08. The number of ether oxygens (including phenoxy) is 2. The molecule has 4 rings (SSSR count). The van der Waals surface area contributed by atoms with Crippen molar-refractivity contribution in [3.05, 3.63) is 42.0 Å². The van der Waals surface area contributed by atoms with Crippen LogP contribution in [0.2, 0.25) is 0 Å². The first-order chi connectivity index (χ1) is 14.0. The van der Waals surface area contributed by atoms with Crippen molar-refractivity contribution in [2.75, 3.05) is 19.0 Å². The van der Waals surface area contributed by atoms with Gasteiger partial charge in [-0.1, -0.05) is 19.1 Å². The number of hydrogen-bond donors (Lipinski definition) is 3. The van der Waals surface area contributed by atoms with Crippen LogP contribution >= 0.6 is 0 Å². The number of fused-ring (bicyclic) bond motifs is 1. The molecule has 0 unspecified atom stereocenters. The van der Waals surface area contributed by atoms with Gasteiger partial charge in [-0.15, -0.1) is 0 Å². The lowest BCUT2D eigenvalue weighted by molar-refractivity contribution is -0.0447. The van der Waals surface area contributed by atoms with Gasteiger partial charge in [-0.3, -0.25) is 4.57 Å². The Bertz CT molecular complexity index is 996. The van der Waals surface area contributed by atoms with Gasteiger partial charge in [0.15, 0.2) is 11.2 Å². The van der Waals surface area contributed by atoms with Gasteiger partial charge >= 0.3 is 0 Å². The van der Waals surface area contributed by atoms with Crippen molar-refractivity contribution in [3.63, 3.8) is 0 Å². The molecule has 0 saturated carbocycles. The van der Waals surface area contributed by atoms with Gasteiger partial charge in [0.25, 0.3) is 0 Å². The quantitative estimate of drug-likeness (QED) is 0.567. The largest absolute Gasteiger partial charge is 0.479 e. The van der Waals surface area contributed by atoms with E-state index in [1.807, 2.05) is 6.92 Å². The molecule has 0 spiro atoms. The molecule has 2 aromatic heterocycles. The molecular formula is C19H22FN5O4. The van der Waals surface area contributed by atoms with E-state index in [4.69, 9.17) is 9.47 Å². The molecule has 9 nitrogen and oxygen atoms in total. The number of nitrogens with zero attached hydrogens (tertiary/aromatic N) is 4. The zero-order valence-electron chi connectivity index (χ0n) is 16.0. The van der Waals surface area contributed by atoms with E-state index in [1.165, 1.54) is 19.2 Å². The van der Waals surface area contributed by atoms with Crippen LogP contribution in [0.15, 0.2) is 30.6 Å². The average Bonchev–Trinajstić information content (AvgIpc) is 3.28. The summed E-state index contributed by atoms with van der Waals surface area (Å²) in [6.07, 6.45) is -0.467. The number of halogens is 1. The molecule has 3 aromatic rings. The van der Waals surface area contributed by atoms with Crippen LogP contribution in [-0.4, -0.2) is 55.7 Å². The Labute approximate surface area is 166 Å². The van der Waals surface area contributed by atoms with Crippen molar-refractivity contribution in [1.29, 1.82) is 0 Å². The van der Waals surface area contributed by atoms with Crippen molar-refractivity contribution < 1.29 is 24.1 Å². The number of rotatable bonds is 6. The maximum Gasteiger partial charge on any atom is 0.246 e. The summed E-state index contributed by atoms with van der Waals surface area (Å²) in [6.45, 7) is 1.95. The number of aliphatic hydroxyl groups is 2. The zero-order valence-corrected chi connectivity index (χ0v) is 16.0. The molecule has 1 fully saturated rings. The second-order valence-electron chi connectivity index (χ2n) is 6.96. The van der Waals surface area contributed by atoms with Gasteiger partial charge in [-0.2, -0.15) is 9.97 Å². The van der Waals surface area contributed by atoms with Crippen LogP contribution < -0.4 is 10.1 Å². The Morgan fingerprint density at radius 1 is 1.28 bits per heavy atom. The fraction of sp³-hybridized carbons (Fsp3) is 0.421. The molecule has 3 heterocycles. The van der Waals surface area contributed by atoms with Gasteiger partial charge in [-0.05, 0) is 17.7 Å². The van der Waals surface area contributed by atoms with E-state index in [-0.39, 0.29) is 18.3 Å². The summed E-state index contributed by atoms with van der Waals surface area (Å²) in [5.74, 6) is 0.0257. The topological polar surface area (TPSA) is 115 Å². The molecule has 29 heavy (non-hydrogen) atoms. The predicted molar refractivity (Wildman–Crippen MR) is 102 cm³/mol. The second-order valence-corrected chi connectivity index (χ2v) is 6.96. The first kappa shape index (κ1) is 19.5. The summed E-state index contributed by atoms with van der Waals surface area (Å²) in [4.78, 5) is 13.2. The van der Waals surface area contributed by atoms with Crippen LogP contribution in [0.3, 0.4) is 0 Å². The highest BCUT2D eigenvalue weighted by Gasteiger charge is 2.42. The summed E-state index contributed by atoms with van der Waals surface area (Å²) in [5, 5.41) is 22.8. The van der Waals surface area contributed by atoms with Gasteiger partial charge < -0.3 is 25.0 Å². The third kappa shape index (κ3) is 3.61. The SMILES string of the molecule is COc1nc(NCc2ccc(F)cc2)nc2c1ncn2[C@@H]1O[C@H](CO)[C@@H](O)[C@@H]1C. The smallest absolute Gasteiger partial charge is 0.246 e. The van der Waals surface area contributed by atoms with Gasteiger partial charge in [0, 0.05) is 12.5 Å². The molecule has 1 aromatic carbocycles. The number of imidazole rings is 1. The summed E-state index contributed by atoms with van der Waals surface area (Å²) < 4.78 is 25.9. The maximum absolute atomic E-state index is 13.1. The first-order valence-corrected chi connectivity index (χ1v) is 9.23. The normalized spacial score (nSPS) is 24.2. The van der Waals surface area contributed by atoms with Gasteiger partial charge in [0.05, 0.1) is 26.1 Å². The number of anilines is 1. The van der Waals surface area contributed by atoms with E-state index < -0.39 is 18.4 Å². The van der Waals surface area contributed by atoms with E-state index in [1.54, 1.807) is 23.0 Å². The van der Waals surface area contributed by atoms with Crippen LogP contribution in [0, 0.1) is 11.7 Å². The predicted octanol–water partition coefficient (Wildman–Crippen LogP) is 1.47. The summed E-state index contributed by atoms with van der Waals surface area (Å²) in [6, 6.07) is 6.12. The van der Waals surface area contributed by atoms with Crippen LogP contribution in [0.4, 0.5) is 10.3 Å². The first-order valence-electron chi connectivity index (χ1n) is 9.23. The molecule has 0 bridgehead atoms. The van der Waals surface area contributed by atoms with Gasteiger partial charge in [0.2, 0.25) is 11.8 Å². The molecule has 4 atom stereocenters. The molecular weight excluding hydrogens is 381 g/mol. The van der Waals surface area contributed by atoms with Crippen molar-refractivity contribution in [2.24, 2.45) is 5.92 Å². The van der Waals surface area contributed by atoms with Crippen molar-refractivity contribution in [2.45, 2.75) is 31.9 Å². The van der Waals surface area contributed by atoms with E-state index in [9.17, 15) is 14.6 Å². The molecule has 0 amide bonds. The molecule has 154 valence electrons. The van der Waals surface area contributed by atoms with E-state index in [2.05, 4.69) is 20.3 Å². The average molecular weight is 403 g/mol. The minimum Gasteiger partial charge on any atom is -0.479 e. The number of aliphatic hydroxyl groups excluding tert-OH is 2. The lowest BCUT2D eigenvalue weighted by Gasteiger charge is -2.17. The second kappa shape index (κ2) is 7.90. The molecule has 1 saturated heterocycles. The van der Waals surface area contributed by atoms with Crippen LogP contribution in [0.1, 0.15) is 18.7 Å². The highest BCUT2D eigenvalue weighted by atomic mass is 19.1. The maximum atomic E-state index is 13.1. The Kier molecular flexibility index (Phi) is 5.31. The highest BCUT2D eigenvalue weighted by molar-refractivity contribution is 5.77. The van der Waals surface area contributed by atoms with Crippen LogP contribution in [0.5, 0.6) is 5.88 Å². The fourth-order valence-corrected chi connectivity index (χ4v) is 3.44. The van der Waals surface area contributed by atoms with Gasteiger partial charge in [-0.25, -0.2) is 9.37 Å². The molecule has 1 aliphatic rings. The highest BCUT2D eigenvalue weighted by Crippen LogP contribution is 2.36. The molecule has 0 aliphatic carbocycles. The molecule has 0 radical (unpaired) electrons. The Balaban J connectivity index is 1.65. The minimum atomic E-state index is -0.803. The molecule has 10 heteroatoms. The lowest BCUT2D eigenvalue weighted by Crippen LogP contribution is -2.28. The Hall–Kier alpha value is -2.82. The number of methoxy groups -OCH3 is 1. The Morgan fingerprint density at radius 3 is 2.69 bits per heavy atom. The molecule has 1 aliphatic heterocycles. The number of nitrogens with one attached hydrogen (secondary N) is 1. The monoisotopic (exact) mass is 403 g/mol. The standard InChI is InChI=1S/C19H22FN5O4/c1-10-15(27)13(8-26)29-18(10)25-9-22-14-16(25)23-19(24-17(14)28-2)21-7-11-3-5-12(20)6-4-11/h3-6,9-10,13,15,18,26-27H,7-8H2,1-2H3,(H,21,23,24)/t10-,13+,15-,18+/m0/s1. The van der Waals surface area contributed by atoms with E-state index in [0.717, 1.165) is 5.56 Å². The zero-order chi connectivity index (χ0) is 20.5. The van der Waals surface area contributed by atoms with Crippen LogP contribution in [0.25, 0.3) is 11.2 Å². The van der Waals surface area contributed by atoms with Crippen molar-refractivity contribution >= 4 is 17.1 Å². The van der Waals surface area contributed by atoms with E-state index >= 15 is 0 Å². The fourth-order valence-electron chi connectivity index (χ4n) is 3.44. The number of hydrogen-bond acceptors (Lipinski definition) is 8. The van der Waals surface area contributed by atoms with E-state index in [0.29, 0.717) is 29.5 Å². The number of aromatic nitrogens is 4. The summed E-state index contributed by atoms with van der Waals surface area (Å²) in [5.41, 5.74) is 1.79. The number of benzene rings is 1.